The van der Waals surface area contributed by atoms with Crippen molar-refractivity contribution in [2.24, 2.45) is 11.7 Å². The Kier molecular flexibility index (Phi) is 5.49. The minimum atomic E-state index is -0.489. The van der Waals surface area contributed by atoms with Crippen LogP contribution in [-0.2, 0) is 19.1 Å². The second-order valence-corrected chi connectivity index (χ2v) is 4.65. The number of thiocarbonyl (C=S) groups is 1. The zero-order valence-corrected chi connectivity index (χ0v) is 11.4. The average molecular weight is 274 g/mol. The standard InChI is InChI=1S/C11H18N2O4S/c1-7(10(12)18)11(15)13-3-4-17-8(6-13)5-9(14)16-2/h7-8H,3-6H2,1-2H3,(H2,12,18). The van der Waals surface area contributed by atoms with Gasteiger partial charge in [-0.25, -0.2) is 0 Å². The number of methoxy groups -OCH3 is 1. The van der Waals surface area contributed by atoms with Gasteiger partial charge >= 0.3 is 5.97 Å². The molecule has 2 unspecified atom stereocenters. The fourth-order valence-electron chi connectivity index (χ4n) is 1.71. The highest BCUT2D eigenvalue weighted by atomic mass is 32.1. The van der Waals surface area contributed by atoms with Gasteiger partial charge in [0, 0.05) is 13.1 Å². The number of hydrogen-bond acceptors (Lipinski definition) is 5. The molecular weight excluding hydrogens is 256 g/mol. The fraction of sp³-hybridized carbons (Fsp3) is 0.727. The van der Waals surface area contributed by atoms with Crippen LogP contribution in [0.15, 0.2) is 0 Å². The third-order valence-electron chi connectivity index (χ3n) is 2.87. The second kappa shape index (κ2) is 6.65. The molecule has 0 aromatic heterocycles. The van der Waals surface area contributed by atoms with E-state index in [4.69, 9.17) is 22.7 Å². The van der Waals surface area contributed by atoms with Crippen molar-refractivity contribution in [3.63, 3.8) is 0 Å². The third kappa shape index (κ3) is 3.92. The smallest absolute Gasteiger partial charge is 0.308 e. The molecule has 1 saturated heterocycles. The first kappa shape index (κ1) is 14.8. The van der Waals surface area contributed by atoms with Gasteiger partial charge in [-0.05, 0) is 6.92 Å². The highest BCUT2D eigenvalue weighted by molar-refractivity contribution is 7.80. The van der Waals surface area contributed by atoms with Crippen molar-refractivity contribution in [3.8, 4) is 0 Å². The summed E-state index contributed by atoms with van der Waals surface area (Å²) < 4.78 is 9.98. The molecule has 0 aliphatic carbocycles. The van der Waals surface area contributed by atoms with Crippen molar-refractivity contribution in [2.45, 2.75) is 19.4 Å². The molecule has 102 valence electrons. The molecule has 0 aromatic rings. The second-order valence-electron chi connectivity index (χ2n) is 4.18. The monoisotopic (exact) mass is 274 g/mol. The summed E-state index contributed by atoms with van der Waals surface area (Å²) in [6.07, 6.45) is -0.185. The number of ether oxygens (including phenoxy) is 2. The molecule has 1 aliphatic rings. The van der Waals surface area contributed by atoms with Gasteiger partial charge in [-0.1, -0.05) is 12.2 Å². The van der Waals surface area contributed by atoms with E-state index >= 15 is 0 Å². The molecule has 7 heteroatoms. The Balaban J connectivity index is 2.55. The molecule has 0 saturated carbocycles. The molecular formula is C11H18N2O4S. The van der Waals surface area contributed by atoms with Gasteiger partial charge in [0.2, 0.25) is 5.91 Å². The largest absolute Gasteiger partial charge is 0.469 e. The van der Waals surface area contributed by atoms with Crippen LogP contribution in [0.3, 0.4) is 0 Å². The lowest BCUT2D eigenvalue weighted by atomic mass is 10.1. The Hall–Kier alpha value is -1.21. The average Bonchev–Trinajstić information content (AvgIpc) is 2.37. The van der Waals surface area contributed by atoms with Crippen LogP contribution in [0.5, 0.6) is 0 Å². The molecule has 18 heavy (non-hydrogen) atoms. The maximum absolute atomic E-state index is 12.0. The molecule has 2 N–H and O–H groups in total. The molecule has 2 atom stereocenters. The van der Waals surface area contributed by atoms with Gasteiger partial charge in [0.05, 0.1) is 37.1 Å². The summed E-state index contributed by atoms with van der Waals surface area (Å²) in [6.45, 7) is 2.93. The molecule has 0 radical (unpaired) electrons. The lowest BCUT2D eigenvalue weighted by Crippen LogP contribution is -2.49. The molecule has 0 aromatic carbocycles. The van der Waals surface area contributed by atoms with Crippen LogP contribution in [0.1, 0.15) is 13.3 Å². The Morgan fingerprint density at radius 2 is 2.28 bits per heavy atom. The van der Waals surface area contributed by atoms with Crippen LogP contribution in [-0.4, -0.2) is 54.7 Å². The summed E-state index contributed by atoms with van der Waals surface area (Å²) in [5.41, 5.74) is 5.46. The van der Waals surface area contributed by atoms with E-state index in [9.17, 15) is 9.59 Å². The van der Waals surface area contributed by atoms with Gasteiger partial charge < -0.3 is 20.1 Å². The summed E-state index contributed by atoms with van der Waals surface area (Å²) in [7, 11) is 1.32. The fourth-order valence-corrected chi connectivity index (χ4v) is 1.81. The van der Waals surface area contributed by atoms with Gasteiger partial charge in [-0.2, -0.15) is 0 Å². The molecule has 0 spiro atoms. The van der Waals surface area contributed by atoms with Crippen LogP contribution in [0, 0.1) is 5.92 Å². The number of esters is 1. The lowest BCUT2D eigenvalue weighted by molar-refractivity contribution is -0.150. The predicted octanol–water partition coefficient (Wildman–Crippen LogP) is -0.301. The third-order valence-corrected chi connectivity index (χ3v) is 3.22. The number of nitrogens with zero attached hydrogens (tertiary/aromatic N) is 1. The van der Waals surface area contributed by atoms with Crippen LogP contribution in [0.4, 0.5) is 0 Å². The molecule has 1 aliphatic heterocycles. The first-order valence-electron chi connectivity index (χ1n) is 5.72. The number of morpholine rings is 1. The predicted molar refractivity (Wildman–Crippen MR) is 68.9 cm³/mol. The zero-order valence-electron chi connectivity index (χ0n) is 10.5. The summed E-state index contributed by atoms with van der Waals surface area (Å²) in [5, 5.41) is 0. The Bertz CT molecular complexity index is 348. The van der Waals surface area contributed by atoms with Gasteiger partial charge in [-0.15, -0.1) is 0 Å². The summed E-state index contributed by atoms with van der Waals surface area (Å²) in [6, 6.07) is 0. The number of rotatable bonds is 4. The van der Waals surface area contributed by atoms with Crippen molar-refractivity contribution < 1.29 is 19.1 Å². The maximum atomic E-state index is 12.0. The summed E-state index contributed by atoms with van der Waals surface area (Å²) >= 11 is 4.81. The van der Waals surface area contributed by atoms with Crippen LogP contribution in [0.2, 0.25) is 0 Å². The first-order chi connectivity index (χ1) is 8.45. The normalized spacial score (nSPS) is 21.2. The number of amides is 1. The highest BCUT2D eigenvalue weighted by Gasteiger charge is 2.29. The Morgan fingerprint density at radius 1 is 1.61 bits per heavy atom. The van der Waals surface area contributed by atoms with E-state index in [2.05, 4.69) is 4.74 Å². The number of carbonyl (C=O) groups is 2. The zero-order chi connectivity index (χ0) is 13.7. The van der Waals surface area contributed by atoms with Crippen molar-refractivity contribution in [3.05, 3.63) is 0 Å². The van der Waals surface area contributed by atoms with Crippen molar-refractivity contribution >= 4 is 29.1 Å². The van der Waals surface area contributed by atoms with Gasteiger partial charge in [-0.3, -0.25) is 9.59 Å². The van der Waals surface area contributed by atoms with Crippen LogP contribution >= 0.6 is 12.2 Å². The highest BCUT2D eigenvalue weighted by Crippen LogP contribution is 2.12. The van der Waals surface area contributed by atoms with Crippen LogP contribution in [0.25, 0.3) is 0 Å². The van der Waals surface area contributed by atoms with E-state index in [1.165, 1.54) is 7.11 Å². The molecule has 0 bridgehead atoms. The van der Waals surface area contributed by atoms with E-state index in [-0.39, 0.29) is 29.4 Å². The minimum absolute atomic E-state index is 0.124. The topological polar surface area (TPSA) is 81.9 Å². The van der Waals surface area contributed by atoms with E-state index in [1.807, 2.05) is 0 Å². The quantitative estimate of drug-likeness (QED) is 0.560. The summed E-state index contributed by atoms with van der Waals surface area (Å²) in [4.78, 5) is 25.0. The van der Waals surface area contributed by atoms with Gasteiger partial charge in [0.1, 0.15) is 0 Å². The SMILES string of the molecule is COC(=O)CC1CN(C(=O)C(C)C(N)=S)CCO1. The molecule has 1 rings (SSSR count). The summed E-state index contributed by atoms with van der Waals surface area (Å²) in [5.74, 6) is -0.964. The molecule has 1 amide bonds. The molecule has 6 nitrogen and oxygen atoms in total. The first-order valence-corrected chi connectivity index (χ1v) is 6.13. The van der Waals surface area contributed by atoms with Crippen molar-refractivity contribution in [1.82, 2.24) is 4.90 Å². The Labute approximate surface area is 111 Å². The van der Waals surface area contributed by atoms with E-state index in [0.29, 0.717) is 19.7 Å². The van der Waals surface area contributed by atoms with Gasteiger partial charge in [0.25, 0.3) is 0 Å². The number of nitrogens with two attached hydrogens (primary N) is 1. The molecule has 1 fully saturated rings. The number of hydrogen-bond donors (Lipinski definition) is 1. The van der Waals surface area contributed by atoms with Crippen molar-refractivity contribution in [2.75, 3.05) is 26.8 Å². The minimum Gasteiger partial charge on any atom is -0.469 e. The molecule has 1 heterocycles. The lowest BCUT2D eigenvalue weighted by Gasteiger charge is -2.33. The van der Waals surface area contributed by atoms with E-state index in [0.717, 1.165) is 0 Å². The van der Waals surface area contributed by atoms with Gasteiger partial charge in [0.15, 0.2) is 0 Å². The van der Waals surface area contributed by atoms with Crippen molar-refractivity contribution in [1.29, 1.82) is 0 Å². The van der Waals surface area contributed by atoms with E-state index in [1.54, 1.807) is 11.8 Å². The van der Waals surface area contributed by atoms with Crippen LogP contribution < -0.4 is 5.73 Å². The maximum Gasteiger partial charge on any atom is 0.308 e. The van der Waals surface area contributed by atoms with E-state index < -0.39 is 5.92 Å². The Morgan fingerprint density at radius 3 is 2.83 bits per heavy atom. The number of carbonyl (C=O) groups excluding carboxylic acids is 2.